The van der Waals surface area contributed by atoms with Crippen molar-refractivity contribution in [2.24, 2.45) is 11.8 Å². The molecule has 0 radical (unpaired) electrons. The molecule has 0 aromatic rings. The lowest BCUT2D eigenvalue weighted by Gasteiger charge is -2.11. The molecule has 0 fully saturated rings. The average Bonchev–Trinajstić information content (AvgIpc) is 2.25. The molecule has 2 heteroatoms. The van der Waals surface area contributed by atoms with Crippen LogP contribution in [-0.2, 0) is 0 Å². The van der Waals surface area contributed by atoms with E-state index in [9.17, 15) is 0 Å². The Morgan fingerprint density at radius 1 is 1.38 bits per heavy atom. The molecule has 0 aromatic carbocycles. The summed E-state index contributed by atoms with van der Waals surface area (Å²) in [6, 6.07) is 0. The first-order valence-corrected chi connectivity index (χ1v) is 5.87. The molecule has 0 amide bonds. The van der Waals surface area contributed by atoms with Crippen molar-refractivity contribution in [1.82, 2.24) is 0 Å². The van der Waals surface area contributed by atoms with Crippen molar-refractivity contribution < 1.29 is 0 Å². The fourth-order valence-electron chi connectivity index (χ4n) is 1.54. The third-order valence-electron chi connectivity index (χ3n) is 2.74. The molecule has 0 spiro atoms. The third-order valence-corrected chi connectivity index (χ3v) is 2.74. The summed E-state index contributed by atoms with van der Waals surface area (Å²) in [4.78, 5) is 3.14. The lowest BCUT2D eigenvalue weighted by atomic mass is 9.94. The summed E-state index contributed by atoms with van der Waals surface area (Å²) in [6.45, 7) is 12.7. The number of diazo groups is 1. The van der Waals surface area contributed by atoms with Gasteiger partial charge in [-0.2, -0.15) is 0 Å². The van der Waals surface area contributed by atoms with E-state index in [1.807, 2.05) is 13.0 Å². The van der Waals surface area contributed by atoms with Crippen LogP contribution >= 0.6 is 0 Å². The van der Waals surface area contributed by atoms with Crippen molar-refractivity contribution in [1.29, 1.82) is 5.39 Å². The van der Waals surface area contributed by atoms with Gasteiger partial charge in [0.15, 0.2) is 0 Å². The zero-order valence-corrected chi connectivity index (χ0v) is 10.9. The van der Waals surface area contributed by atoms with Gasteiger partial charge in [0.1, 0.15) is 4.98 Å². The summed E-state index contributed by atoms with van der Waals surface area (Å²) < 4.78 is 0. The molecule has 88 valence electrons. The molecule has 0 aliphatic carbocycles. The van der Waals surface area contributed by atoms with E-state index < -0.39 is 0 Å². The highest BCUT2D eigenvalue weighted by atomic mass is 14.8. The van der Waals surface area contributed by atoms with Crippen LogP contribution in [0.5, 0.6) is 0 Å². The van der Waals surface area contributed by atoms with E-state index in [0.717, 1.165) is 12.0 Å². The predicted molar refractivity (Wildman–Crippen MR) is 70.6 cm³/mol. The van der Waals surface area contributed by atoms with Gasteiger partial charge in [-0.1, -0.05) is 52.0 Å². The van der Waals surface area contributed by atoms with Crippen LogP contribution in [0.4, 0.5) is 0 Å². The first-order valence-electron chi connectivity index (χ1n) is 5.87. The van der Waals surface area contributed by atoms with Gasteiger partial charge in [0, 0.05) is 5.57 Å². The second kappa shape index (κ2) is 7.87. The van der Waals surface area contributed by atoms with E-state index in [1.165, 1.54) is 5.57 Å². The van der Waals surface area contributed by atoms with Gasteiger partial charge in [-0.15, -0.1) is 0 Å². The molecule has 2 atom stereocenters. The third kappa shape index (κ3) is 5.50. The van der Waals surface area contributed by atoms with Crippen molar-refractivity contribution in [3.63, 3.8) is 0 Å². The molecular formula is C14H23N2+. The van der Waals surface area contributed by atoms with E-state index in [4.69, 9.17) is 5.39 Å². The van der Waals surface area contributed by atoms with Crippen molar-refractivity contribution in [2.45, 2.75) is 34.1 Å². The van der Waals surface area contributed by atoms with Crippen LogP contribution < -0.4 is 0 Å². The molecule has 0 saturated heterocycles. The molecule has 0 saturated carbocycles. The average molecular weight is 219 g/mol. The van der Waals surface area contributed by atoms with Crippen molar-refractivity contribution >= 4 is 0 Å². The van der Waals surface area contributed by atoms with E-state index in [-0.39, 0.29) is 0 Å². The van der Waals surface area contributed by atoms with Gasteiger partial charge in [-0.25, -0.2) is 0 Å². The fourth-order valence-corrected chi connectivity index (χ4v) is 1.54. The van der Waals surface area contributed by atoms with Crippen LogP contribution in [0.2, 0.25) is 0 Å². The van der Waals surface area contributed by atoms with Gasteiger partial charge in [0.05, 0.1) is 0 Å². The van der Waals surface area contributed by atoms with Gasteiger partial charge >= 0.3 is 6.54 Å². The second-order valence-corrected chi connectivity index (χ2v) is 4.36. The van der Waals surface area contributed by atoms with Crippen LogP contribution in [-0.4, -0.2) is 6.54 Å². The molecule has 0 aliphatic heterocycles. The Bertz CT molecular complexity index is 318. The normalized spacial score (nSPS) is 16.4. The van der Waals surface area contributed by atoms with Gasteiger partial charge in [-0.05, 0) is 24.3 Å². The molecule has 2 unspecified atom stereocenters. The van der Waals surface area contributed by atoms with E-state index in [0.29, 0.717) is 18.4 Å². The maximum absolute atomic E-state index is 8.48. The molecular weight excluding hydrogens is 196 g/mol. The summed E-state index contributed by atoms with van der Waals surface area (Å²) in [5.74, 6) is 0.903. The lowest BCUT2D eigenvalue weighted by Crippen LogP contribution is -1.98. The number of allylic oxidation sites excluding steroid dienone is 4. The Labute approximate surface area is 99.4 Å². The zero-order chi connectivity index (χ0) is 12.6. The second-order valence-electron chi connectivity index (χ2n) is 4.36. The Kier molecular flexibility index (Phi) is 7.20. The van der Waals surface area contributed by atoms with Crippen molar-refractivity contribution in [3.05, 3.63) is 40.9 Å². The highest BCUT2D eigenvalue weighted by Crippen LogP contribution is 2.18. The highest BCUT2D eigenvalue weighted by molar-refractivity contribution is 5.25. The fraction of sp³-hybridized carbons (Fsp3) is 0.571. The Morgan fingerprint density at radius 2 is 2.00 bits per heavy atom. The molecule has 0 aliphatic rings. The smallest absolute Gasteiger partial charge is 0.0988 e. The van der Waals surface area contributed by atoms with Gasteiger partial charge in [0.2, 0.25) is 5.39 Å². The molecule has 0 heterocycles. The largest absolute Gasteiger partial charge is 0.326 e. The molecule has 0 bridgehead atoms. The standard InChI is InChI=1S/C14H23N2/c1-6-11(3)9-14(7-2)13(5)8-12(4)10-16-15/h7-9,11,13H,2,6,10H2,1,3-5H3/q+1/b12-8-,14-9+. The van der Waals surface area contributed by atoms with Gasteiger partial charge in [0.25, 0.3) is 0 Å². The molecule has 16 heavy (non-hydrogen) atoms. The minimum atomic E-state index is 0.327. The topological polar surface area (TPSA) is 28.1 Å². The van der Waals surface area contributed by atoms with Crippen LogP contribution in [0.3, 0.4) is 0 Å². The van der Waals surface area contributed by atoms with Crippen LogP contribution in [0.1, 0.15) is 34.1 Å². The number of hydrogen-bond donors (Lipinski definition) is 0. The van der Waals surface area contributed by atoms with Gasteiger partial charge in [-0.3, -0.25) is 0 Å². The number of nitrogens with zero attached hydrogens (tertiary/aromatic N) is 2. The van der Waals surface area contributed by atoms with Crippen LogP contribution in [0.25, 0.3) is 4.98 Å². The van der Waals surface area contributed by atoms with Crippen molar-refractivity contribution in [2.75, 3.05) is 6.54 Å². The maximum Gasteiger partial charge on any atom is 0.326 e. The van der Waals surface area contributed by atoms with E-state index in [1.54, 1.807) is 0 Å². The summed E-state index contributed by atoms with van der Waals surface area (Å²) in [7, 11) is 0. The number of hydrogen-bond acceptors (Lipinski definition) is 1. The summed E-state index contributed by atoms with van der Waals surface area (Å²) in [6.07, 6.45) is 7.43. The van der Waals surface area contributed by atoms with Crippen LogP contribution in [0, 0.1) is 17.2 Å². The SMILES string of the molecule is C=C/C(=C\C(C)CC)C(C)/C=C(/C)C[N+]#N. The number of rotatable bonds is 6. The Morgan fingerprint density at radius 3 is 2.44 bits per heavy atom. The van der Waals surface area contributed by atoms with Crippen molar-refractivity contribution in [3.8, 4) is 0 Å². The zero-order valence-electron chi connectivity index (χ0n) is 10.9. The van der Waals surface area contributed by atoms with E-state index >= 15 is 0 Å². The predicted octanol–water partition coefficient (Wildman–Crippen LogP) is 4.58. The Hall–Kier alpha value is -1.36. The monoisotopic (exact) mass is 219 g/mol. The van der Waals surface area contributed by atoms with Crippen LogP contribution in [0.15, 0.2) is 36.0 Å². The lowest BCUT2D eigenvalue weighted by molar-refractivity contribution is 0.684. The molecule has 0 rings (SSSR count). The summed E-state index contributed by atoms with van der Waals surface area (Å²) in [5, 5.41) is 8.48. The minimum Gasteiger partial charge on any atom is -0.0988 e. The summed E-state index contributed by atoms with van der Waals surface area (Å²) in [5.41, 5.74) is 2.32. The minimum absolute atomic E-state index is 0.327. The first kappa shape index (κ1) is 14.6. The molecule has 2 nitrogen and oxygen atoms in total. The molecule has 0 N–H and O–H groups in total. The quantitative estimate of drug-likeness (QED) is 0.365. The maximum atomic E-state index is 8.48. The van der Waals surface area contributed by atoms with Gasteiger partial charge < -0.3 is 0 Å². The molecule has 0 aromatic heterocycles. The Balaban J connectivity index is 4.73. The highest BCUT2D eigenvalue weighted by Gasteiger charge is 2.07. The summed E-state index contributed by atoms with van der Waals surface area (Å²) >= 11 is 0. The first-order chi connectivity index (χ1) is 7.54. The van der Waals surface area contributed by atoms with E-state index in [2.05, 4.69) is 44.5 Å².